The summed E-state index contributed by atoms with van der Waals surface area (Å²) in [5, 5.41) is 4.81. The highest BCUT2D eigenvalue weighted by Crippen LogP contribution is 2.48. The number of nitrogens with one attached hydrogen (secondary N) is 1. The molecule has 2 aromatic carbocycles. The lowest BCUT2D eigenvalue weighted by Crippen LogP contribution is -2.40. The fraction of sp³-hybridized carbons (Fsp3) is 0.364. The molecule has 0 radical (unpaired) electrons. The van der Waals surface area contributed by atoms with Crippen molar-refractivity contribution in [1.82, 2.24) is 9.97 Å². The standard InChI is InChI=1S/C22H23N3O/c1-15-8-9-18-17(12-15)21(24-14-23-18)25-19-13-22(10-4-5-11-22)26-20-7-3-2-6-16(19)20/h2-3,6-9,12,14,19H,4-5,10-11,13H2,1H3,(H,23,24,25). The van der Waals surface area contributed by atoms with Crippen molar-refractivity contribution in [2.24, 2.45) is 0 Å². The number of hydrogen-bond acceptors (Lipinski definition) is 4. The van der Waals surface area contributed by atoms with E-state index in [-0.39, 0.29) is 11.6 Å². The molecule has 0 amide bonds. The molecule has 1 aromatic heterocycles. The first kappa shape index (κ1) is 15.6. The Hall–Kier alpha value is -2.62. The Bertz CT molecular complexity index is 963. The Morgan fingerprint density at radius 1 is 1.08 bits per heavy atom. The molecular weight excluding hydrogens is 322 g/mol. The van der Waals surface area contributed by atoms with E-state index in [4.69, 9.17) is 4.74 Å². The zero-order valence-electron chi connectivity index (χ0n) is 15.0. The zero-order chi connectivity index (χ0) is 17.6. The predicted molar refractivity (Wildman–Crippen MR) is 104 cm³/mol. The van der Waals surface area contributed by atoms with E-state index in [0.717, 1.165) is 41.7 Å². The molecule has 3 aromatic rings. The number of aromatic nitrogens is 2. The summed E-state index contributed by atoms with van der Waals surface area (Å²) in [6.07, 6.45) is 7.43. The molecule has 26 heavy (non-hydrogen) atoms. The fourth-order valence-electron chi connectivity index (χ4n) is 4.52. The van der Waals surface area contributed by atoms with Crippen molar-refractivity contribution in [3.8, 4) is 5.75 Å². The summed E-state index contributed by atoms with van der Waals surface area (Å²) >= 11 is 0. The molecule has 2 aliphatic rings. The predicted octanol–water partition coefficient (Wildman–Crippen LogP) is 5.19. The minimum absolute atomic E-state index is 0.0230. The van der Waals surface area contributed by atoms with Crippen LogP contribution in [0.5, 0.6) is 5.75 Å². The van der Waals surface area contributed by atoms with Crippen LogP contribution in [0.4, 0.5) is 5.82 Å². The van der Waals surface area contributed by atoms with Crippen molar-refractivity contribution >= 4 is 16.7 Å². The van der Waals surface area contributed by atoms with E-state index in [1.165, 1.54) is 24.0 Å². The Labute approximate surface area is 153 Å². The Morgan fingerprint density at radius 3 is 2.81 bits per heavy atom. The quantitative estimate of drug-likeness (QED) is 0.694. The number of benzene rings is 2. The topological polar surface area (TPSA) is 47.0 Å². The van der Waals surface area contributed by atoms with Gasteiger partial charge >= 0.3 is 0 Å². The van der Waals surface area contributed by atoms with Gasteiger partial charge in [-0.2, -0.15) is 0 Å². The van der Waals surface area contributed by atoms with Crippen molar-refractivity contribution in [2.75, 3.05) is 5.32 Å². The fourth-order valence-corrected chi connectivity index (χ4v) is 4.52. The van der Waals surface area contributed by atoms with Gasteiger partial charge in [0.05, 0.1) is 11.6 Å². The van der Waals surface area contributed by atoms with Gasteiger partial charge in [-0.1, -0.05) is 29.8 Å². The molecule has 1 aliphatic heterocycles. The molecule has 1 unspecified atom stereocenters. The second-order valence-electron chi connectivity index (χ2n) is 7.67. The lowest BCUT2D eigenvalue weighted by atomic mass is 9.86. The van der Waals surface area contributed by atoms with Gasteiger partial charge in [0.2, 0.25) is 0 Å². The van der Waals surface area contributed by atoms with Crippen LogP contribution in [-0.2, 0) is 0 Å². The molecule has 1 aliphatic carbocycles. The number of hydrogen-bond donors (Lipinski definition) is 1. The zero-order valence-corrected chi connectivity index (χ0v) is 15.0. The van der Waals surface area contributed by atoms with E-state index >= 15 is 0 Å². The lowest BCUT2D eigenvalue weighted by molar-refractivity contribution is 0.0453. The van der Waals surface area contributed by atoms with Gasteiger partial charge in [-0.25, -0.2) is 9.97 Å². The maximum Gasteiger partial charge on any atom is 0.137 e. The van der Waals surface area contributed by atoms with Crippen LogP contribution in [0.3, 0.4) is 0 Å². The first-order valence-corrected chi connectivity index (χ1v) is 9.48. The number of fused-ring (bicyclic) bond motifs is 2. The first-order chi connectivity index (χ1) is 12.7. The largest absolute Gasteiger partial charge is 0.487 e. The molecule has 1 atom stereocenters. The summed E-state index contributed by atoms with van der Waals surface area (Å²) in [6, 6.07) is 14.9. The molecule has 1 N–H and O–H groups in total. The SMILES string of the molecule is Cc1ccc2ncnc(NC3CC4(CCCC4)Oc4ccccc43)c2c1. The van der Waals surface area contributed by atoms with E-state index in [1.807, 2.05) is 0 Å². The molecular formula is C22H23N3O. The summed E-state index contributed by atoms with van der Waals surface area (Å²) in [7, 11) is 0. The highest BCUT2D eigenvalue weighted by Gasteiger charge is 2.43. The second kappa shape index (κ2) is 5.97. The van der Waals surface area contributed by atoms with E-state index in [0.29, 0.717) is 0 Å². The van der Waals surface area contributed by atoms with Crippen LogP contribution < -0.4 is 10.1 Å². The third kappa shape index (κ3) is 2.61. The molecule has 0 saturated heterocycles. The van der Waals surface area contributed by atoms with Crippen LogP contribution >= 0.6 is 0 Å². The van der Waals surface area contributed by atoms with Crippen LogP contribution in [0, 0.1) is 6.92 Å². The van der Waals surface area contributed by atoms with E-state index in [9.17, 15) is 0 Å². The average Bonchev–Trinajstić information content (AvgIpc) is 3.09. The van der Waals surface area contributed by atoms with Crippen LogP contribution in [0.2, 0.25) is 0 Å². The van der Waals surface area contributed by atoms with Gasteiger partial charge in [0, 0.05) is 17.4 Å². The number of ether oxygens (including phenoxy) is 1. The number of rotatable bonds is 2. The molecule has 2 heterocycles. The van der Waals surface area contributed by atoms with Gasteiger partial charge in [-0.05, 0) is 50.8 Å². The van der Waals surface area contributed by atoms with Gasteiger partial charge in [0.25, 0.3) is 0 Å². The van der Waals surface area contributed by atoms with Crippen molar-refractivity contribution in [3.05, 3.63) is 59.9 Å². The maximum absolute atomic E-state index is 6.48. The highest BCUT2D eigenvalue weighted by atomic mass is 16.5. The third-order valence-corrected chi connectivity index (χ3v) is 5.81. The number of nitrogens with zero attached hydrogens (tertiary/aromatic N) is 2. The van der Waals surface area contributed by atoms with Crippen molar-refractivity contribution in [1.29, 1.82) is 0 Å². The van der Waals surface area contributed by atoms with E-state index < -0.39 is 0 Å². The molecule has 1 saturated carbocycles. The minimum atomic E-state index is -0.0230. The number of aryl methyl sites for hydroxylation is 1. The molecule has 132 valence electrons. The Morgan fingerprint density at radius 2 is 1.92 bits per heavy atom. The Balaban J connectivity index is 1.56. The summed E-state index contributed by atoms with van der Waals surface area (Å²) in [5.41, 5.74) is 3.40. The summed E-state index contributed by atoms with van der Waals surface area (Å²) in [4.78, 5) is 8.98. The van der Waals surface area contributed by atoms with Gasteiger partial charge in [-0.3, -0.25) is 0 Å². The van der Waals surface area contributed by atoms with Crippen molar-refractivity contribution in [2.45, 2.75) is 50.7 Å². The van der Waals surface area contributed by atoms with Crippen LogP contribution in [-0.4, -0.2) is 15.6 Å². The monoisotopic (exact) mass is 345 g/mol. The number of anilines is 1. The Kier molecular flexibility index (Phi) is 3.59. The molecule has 4 nitrogen and oxygen atoms in total. The summed E-state index contributed by atoms with van der Waals surface area (Å²) in [5.74, 6) is 1.93. The normalized spacial score (nSPS) is 20.7. The van der Waals surface area contributed by atoms with Crippen LogP contribution in [0.15, 0.2) is 48.8 Å². The van der Waals surface area contributed by atoms with Crippen LogP contribution in [0.1, 0.15) is 49.3 Å². The van der Waals surface area contributed by atoms with Gasteiger partial charge in [0.1, 0.15) is 23.5 Å². The van der Waals surface area contributed by atoms with Gasteiger partial charge in [0.15, 0.2) is 0 Å². The third-order valence-electron chi connectivity index (χ3n) is 5.81. The maximum atomic E-state index is 6.48. The number of para-hydroxylation sites is 1. The van der Waals surface area contributed by atoms with Crippen LogP contribution in [0.25, 0.3) is 10.9 Å². The summed E-state index contributed by atoms with van der Waals surface area (Å²) in [6.45, 7) is 2.10. The highest BCUT2D eigenvalue weighted by molar-refractivity contribution is 5.89. The van der Waals surface area contributed by atoms with Crippen molar-refractivity contribution < 1.29 is 4.74 Å². The second-order valence-corrected chi connectivity index (χ2v) is 7.67. The first-order valence-electron chi connectivity index (χ1n) is 9.48. The van der Waals surface area contributed by atoms with E-state index in [2.05, 4.69) is 64.7 Å². The summed E-state index contributed by atoms with van der Waals surface area (Å²) < 4.78 is 6.48. The van der Waals surface area contributed by atoms with Gasteiger partial charge < -0.3 is 10.1 Å². The van der Waals surface area contributed by atoms with Gasteiger partial charge in [-0.15, -0.1) is 0 Å². The lowest BCUT2D eigenvalue weighted by Gasteiger charge is -2.40. The molecule has 1 fully saturated rings. The molecule has 4 heteroatoms. The smallest absolute Gasteiger partial charge is 0.137 e. The minimum Gasteiger partial charge on any atom is -0.487 e. The average molecular weight is 345 g/mol. The molecule has 0 bridgehead atoms. The van der Waals surface area contributed by atoms with E-state index in [1.54, 1.807) is 6.33 Å². The van der Waals surface area contributed by atoms with Crippen molar-refractivity contribution in [3.63, 3.8) is 0 Å². The molecule has 1 spiro atoms. The molecule has 5 rings (SSSR count).